The Morgan fingerprint density at radius 2 is 2.10 bits per heavy atom. The average molecular weight is 277 g/mol. The number of anilines is 1. The lowest BCUT2D eigenvalue weighted by Gasteiger charge is -2.19. The number of aryl methyl sites for hydroxylation is 1. The van der Waals surface area contributed by atoms with E-state index in [1.165, 1.54) is 7.11 Å². The van der Waals surface area contributed by atoms with Crippen LogP contribution in [0.15, 0.2) is 6.07 Å². The number of hydrogen-bond donors (Lipinski definition) is 0. The minimum Gasteiger partial charge on any atom is -0.469 e. The molecule has 0 spiro atoms. The number of carbonyl (C=O) groups is 1. The SMILES string of the molecule is COC(=O)C1CN(c2cc(C)nc(C(C)C)n2)CC1C. The number of aromatic nitrogens is 2. The zero-order valence-corrected chi connectivity index (χ0v) is 12.9. The monoisotopic (exact) mass is 277 g/mol. The quantitative estimate of drug-likeness (QED) is 0.792. The average Bonchev–Trinajstić information content (AvgIpc) is 2.79. The lowest BCUT2D eigenvalue weighted by atomic mass is 9.99. The topological polar surface area (TPSA) is 55.3 Å². The lowest BCUT2D eigenvalue weighted by Crippen LogP contribution is -2.25. The maximum atomic E-state index is 11.8. The molecule has 0 N–H and O–H groups in total. The maximum absolute atomic E-state index is 11.8. The Morgan fingerprint density at radius 1 is 1.40 bits per heavy atom. The fourth-order valence-electron chi connectivity index (χ4n) is 2.61. The number of nitrogens with zero attached hydrogens (tertiary/aromatic N) is 3. The molecule has 1 aliphatic rings. The molecule has 2 atom stereocenters. The van der Waals surface area contributed by atoms with Gasteiger partial charge in [0, 0.05) is 30.8 Å². The summed E-state index contributed by atoms with van der Waals surface area (Å²) in [6.07, 6.45) is 0. The molecule has 2 rings (SSSR count). The molecule has 1 fully saturated rings. The third-order valence-corrected chi connectivity index (χ3v) is 3.81. The van der Waals surface area contributed by atoms with Crippen molar-refractivity contribution in [1.29, 1.82) is 0 Å². The molecule has 0 saturated carbocycles. The van der Waals surface area contributed by atoms with Crippen LogP contribution in [0.25, 0.3) is 0 Å². The van der Waals surface area contributed by atoms with Crippen molar-refractivity contribution in [3.63, 3.8) is 0 Å². The summed E-state index contributed by atoms with van der Waals surface area (Å²) >= 11 is 0. The molecule has 0 radical (unpaired) electrons. The van der Waals surface area contributed by atoms with E-state index in [1.807, 2.05) is 13.0 Å². The summed E-state index contributed by atoms with van der Waals surface area (Å²) in [5.41, 5.74) is 0.966. The molecule has 0 bridgehead atoms. The summed E-state index contributed by atoms with van der Waals surface area (Å²) in [4.78, 5) is 23.0. The normalized spacial score (nSPS) is 22.4. The van der Waals surface area contributed by atoms with Gasteiger partial charge >= 0.3 is 5.97 Å². The van der Waals surface area contributed by atoms with E-state index >= 15 is 0 Å². The number of ether oxygens (including phenoxy) is 1. The molecule has 0 aliphatic carbocycles. The van der Waals surface area contributed by atoms with Gasteiger partial charge < -0.3 is 9.64 Å². The van der Waals surface area contributed by atoms with E-state index in [0.29, 0.717) is 12.5 Å². The van der Waals surface area contributed by atoms with Gasteiger partial charge in [-0.3, -0.25) is 4.79 Å². The smallest absolute Gasteiger partial charge is 0.310 e. The Bertz CT molecular complexity index is 502. The highest BCUT2D eigenvalue weighted by Gasteiger charge is 2.36. The van der Waals surface area contributed by atoms with Gasteiger partial charge in [-0.2, -0.15) is 0 Å². The molecule has 1 saturated heterocycles. The Morgan fingerprint density at radius 3 is 2.70 bits per heavy atom. The van der Waals surface area contributed by atoms with Crippen molar-refractivity contribution in [2.24, 2.45) is 11.8 Å². The summed E-state index contributed by atoms with van der Waals surface area (Å²) in [7, 11) is 1.45. The minimum absolute atomic E-state index is 0.0715. The Balaban J connectivity index is 2.23. The van der Waals surface area contributed by atoms with E-state index < -0.39 is 0 Å². The van der Waals surface area contributed by atoms with Crippen LogP contribution in [0.1, 0.15) is 38.2 Å². The summed E-state index contributed by atoms with van der Waals surface area (Å²) < 4.78 is 4.88. The van der Waals surface area contributed by atoms with E-state index in [9.17, 15) is 4.79 Å². The number of rotatable bonds is 3. The first kappa shape index (κ1) is 14.8. The van der Waals surface area contributed by atoms with Crippen molar-refractivity contribution in [2.75, 3.05) is 25.1 Å². The summed E-state index contributed by atoms with van der Waals surface area (Å²) in [5, 5.41) is 0. The summed E-state index contributed by atoms with van der Waals surface area (Å²) in [6.45, 7) is 9.73. The molecule has 110 valence electrons. The van der Waals surface area contributed by atoms with Gasteiger partial charge in [-0.05, 0) is 12.8 Å². The minimum atomic E-state index is -0.130. The molecule has 5 heteroatoms. The van der Waals surface area contributed by atoms with Gasteiger partial charge in [-0.1, -0.05) is 20.8 Å². The number of esters is 1. The highest BCUT2D eigenvalue weighted by Crippen LogP contribution is 2.28. The van der Waals surface area contributed by atoms with E-state index in [2.05, 4.69) is 35.6 Å². The van der Waals surface area contributed by atoms with Gasteiger partial charge in [-0.15, -0.1) is 0 Å². The standard InChI is InChI=1S/C15H23N3O2/c1-9(2)14-16-11(4)6-13(17-14)18-7-10(3)12(8-18)15(19)20-5/h6,9-10,12H,7-8H2,1-5H3. The first-order valence-electron chi connectivity index (χ1n) is 7.10. The van der Waals surface area contributed by atoms with Gasteiger partial charge in [0.25, 0.3) is 0 Å². The second kappa shape index (κ2) is 5.77. The third-order valence-electron chi connectivity index (χ3n) is 3.81. The molecule has 1 aliphatic heterocycles. The van der Waals surface area contributed by atoms with Crippen LogP contribution in [0.2, 0.25) is 0 Å². The van der Waals surface area contributed by atoms with Gasteiger partial charge in [0.1, 0.15) is 11.6 Å². The third kappa shape index (κ3) is 2.92. The Hall–Kier alpha value is -1.65. The Labute approximate surface area is 120 Å². The van der Waals surface area contributed by atoms with Crippen LogP contribution < -0.4 is 4.90 Å². The molecule has 2 heterocycles. The molecule has 1 aromatic rings. The van der Waals surface area contributed by atoms with Crippen molar-refractivity contribution >= 4 is 11.8 Å². The largest absolute Gasteiger partial charge is 0.469 e. The predicted octanol–water partition coefficient (Wildman–Crippen LogP) is 2.15. The van der Waals surface area contributed by atoms with E-state index in [1.54, 1.807) is 0 Å². The second-order valence-corrected chi connectivity index (χ2v) is 5.89. The van der Waals surface area contributed by atoms with Crippen LogP contribution in [-0.2, 0) is 9.53 Å². The van der Waals surface area contributed by atoms with Gasteiger partial charge in [0.2, 0.25) is 0 Å². The van der Waals surface area contributed by atoms with Crippen molar-refractivity contribution < 1.29 is 9.53 Å². The fourth-order valence-corrected chi connectivity index (χ4v) is 2.61. The first-order valence-corrected chi connectivity index (χ1v) is 7.10. The zero-order valence-electron chi connectivity index (χ0n) is 12.9. The number of carbonyl (C=O) groups excluding carboxylic acids is 1. The summed E-state index contributed by atoms with van der Waals surface area (Å²) in [6, 6.07) is 1.98. The van der Waals surface area contributed by atoms with Crippen molar-refractivity contribution in [3.8, 4) is 0 Å². The van der Waals surface area contributed by atoms with Crippen molar-refractivity contribution in [3.05, 3.63) is 17.6 Å². The molecule has 5 nitrogen and oxygen atoms in total. The van der Waals surface area contributed by atoms with Gasteiger partial charge in [0.15, 0.2) is 0 Å². The van der Waals surface area contributed by atoms with Crippen LogP contribution >= 0.6 is 0 Å². The Kier molecular flexibility index (Phi) is 4.26. The highest BCUT2D eigenvalue weighted by atomic mass is 16.5. The van der Waals surface area contributed by atoms with E-state index in [0.717, 1.165) is 23.9 Å². The fraction of sp³-hybridized carbons (Fsp3) is 0.667. The molecule has 0 amide bonds. The number of hydrogen-bond acceptors (Lipinski definition) is 5. The molecule has 0 aromatic carbocycles. The van der Waals surface area contributed by atoms with Gasteiger partial charge in [0.05, 0.1) is 13.0 Å². The van der Waals surface area contributed by atoms with Crippen LogP contribution in [0, 0.1) is 18.8 Å². The van der Waals surface area contributed by atoms with Gasteiger partial charge in [-0.25, -0.2) is 9.97 Å². The molecule has 1 aromatic heterocycles. The first-order chi connectivity index (χ1) is 9.42. The predicted molar refractivity (Wildman–Crippen MR) is 77.7 cm³/mol. The van der Waals surface area contributed by atoms with E-state index in [4.69, 9.17) is 4.74 Å². The molecule has 2 unspecified atom stereocenters. The van der Waals surface area contributed by atoms with Crippen LogP contribution in [0.3, 0.4) is 0 Å². The maximum Gasteiger partial charge on any atom is 0.310 e. The van der Waals surface area contributed by atoms with E-state index in [-0.39, 0.29) is 17.8 Å². The lowest BCUT2D eigenvalue weighted by molar-refractivity contribution is -0.145. The molecule has 20 heavy (non-hydrogen) atoms. The summed E-state index contributed by atoms with van der Waals surface area (Å²) in [5.74, 6) is 2.14. The van der Waals surface area contributed by atoms with Crippen molar-refractivity contribution in [1.82, 2.24) is 9.97 Å². The molecular weight excluding hydrogens is 254 g/mol. The number of methoxy groups -OCH3 is 1. The van der Waals surface area contributed by atoms with Crippen LogP contribution in [0.4, 0.5) is 5.82 Å². The van der Waals surface area contributed by atoms with Crippen LogP contribution in [0.5, 0.6) is 0 Å². The molecular formula is C15H23N3O2. The zero-order chi connectivity index (χ0) is 14.9. The second-order valence-electron chi connectivity index (χ2n) is 5.89. The van der Waals surface area contributed by atoms with Crippen molar-refractivity contribution in [2.45, 2.75) is 33.6 Å². The highest BCUT2D eigenvalue weighted by molar-refractivity contribution is 5.74. The van der Waals surface area contributed by atoms with Crippen LogP contribution in [-0.4, -0.2) is 36.1 Å².